The van der Waals surface area contributed by atoms with E-state index in [1.807, 2.05) is 0 Å². The molecular weight excluding hydrogens is 210 g/mol. The van der Waals surface area contributed by atoms with Crippen LogP contribution in [0, 0.1) is 0 Å². The summed E-state index contributed by atoms with van der Waals surface area (Å²) in [4.78, 5) is 11.6. The van der Waals surface area contributed by atoms with Gasteiger partial charge in [0.25, 0.3) is 0 Å². The number of carbonyl (C=O) groups is 1. The minimum atomic E-state index is -0.571. The van der Waals surface area contributed by atoms with E-state index in [9.17, 15) is 9.90 Å². The molecule has 0 spiro atoms. The fraction of sp³-hybridized carbons (Fsp3) is 0.364. The van der Waals surface area contributed by atoms with Gasteiger partial charge in [-0.15, -0.1) is 0 Å². The maximum Gasteiger partial charge on any atom is 0.340 e. The molecular formula is C11H15NO4. The molecule has 1 rings (SSSR count). The van der Waals surface area contributed by atoms with E-state index in [4.69, 9.17) is 15.2 Å². The fourth-order valence-corrected chi connectivity index (χ4v) is 1.24. The summed E-state index contributed by atoms with van der Waals surface area (Å²) >= 11 is 0. The highest BCUT2D eigenvalue weighted by Gasteiger charge is 2.15. The van der Waals surface area contributed by atoms with Crippen LogP contribution in [0.25, 0.3) is 0 Å². The van der Waals surface area contributed by atoms with Crippen molar-refractivity contribution in [3.05, 3.63) is 23.8 Å². The van der Waals surface area contributed by atoms with Gasteiger partial charge in [0.2, 0.25) is 0 Å². The van der Waals surface area contributed by atoms with Crippen LogP contribution in [0.2, 0.25) is 0 Å². The third-order valence-corrected chi connectivity index (χ3v) is 1.97. The van der Waals surface area contributed by atoms with Crippen molar-refractivity contribution in [2.24, 2.45) is 0 Å². The third kappa shape index (κ3) is 3.13. The van der Waals surface area contributed by atoms with Crippen molar-refractivity contribution >= 4 is 11.7 Å². The first-order chi connectivity index (χ1) is 7.54. The van der Waals surface area contributed by atoms with Gasteiger partial charge in [-0.1, -0.05) is 0 Å². The molecule has 5 heteroatoms. The van der Waals surface area contributed by atoms with Crippen molar-refractivity contribution in [1.29, 1.82) is 0 Å². The lowest BCUT2D eigenvalue weighted by Crippen LogP contribution is -2.20. The van der Waals surface area contributed by atoms with Gasteiger partial charge in [-0.05, 0) is 25.1 Å². The SMILES string of the molecule is COCC(C)OC(=O)c1cc(O)ccc1N. The Morgan fingerprint density at radius 3 is 2.88 bits per heavy atom. The first-order valence-electron chi connectivity index (χ1n) is 4.83. The molecule has 0 amide bonds. The van der Waals surface area contributed by atoms with Gasteiger partial charge in [0.15, 0.2) is 0 Å². The minimum Gasteiger partial charge on any atom is -0.508 e. The number of hydrogen-bond acceptors (Lipinski definition) is 5. The van der Waals surface area contributed by atoms with Gasteiger partial charge < -0.3 is 20.3 Å². The van der Waals surface area contributed by atoms with Crippen molar-refractivity contribution in [2.45, 2.75) is 13.0 Å². The molecule has 0 fully saturated rings. The summed E-state index contributed by atoms with van der Waals surface area (Å²) in [5.74, 6) is -0.599. The number of phenolic OH excluding ortho intramolecular Hbond substituents is 1. The second-order valence-corrected chi connectivity index (χ2v) is 3.44. The van der Waals surface area contributed by atoms with Crippen molar-refractivity contribution in [3.8, 4) is 5.75 Å². The maximum atomic E-state index is 11.6. The standard InChI is InChI=1S/C11H15NO4/c1-7(6-15-2)16-11(14)9-5-8(13)3-4-10(9)12/h3-5,7,13H,6,12H2,1-2H3. The second-order valence-electron chi connectivity index (χ2n) is 3.44. The highest BCUT2D eigenvalue weighted by molar-refractivity contribution is 5.95. The van der Waals surface area contributed by atoms with Gasteiger partial charge in [-0.25, -0.2) is 4.79 Å². The maximum absolute atomic E-state index is 11.6. The van der Waals surface area contributed by atoms with Crippen LogP contribution in [0.4, 0.5) is 5.69 Å². The first-order valence-corrected chi connectivity index (χ1v) is 4.83. The van der Waals surface area contributed by atoms with E-state index in [1.165, 1.54) is 25.3 Å². The van der Waals surface area contributed by atoms with E-state index in [1.54, 1.807) is 6.92 Å². The molecule has 0 bridgehead atoms. The number of nitrogens with two attached hydrogens (primary N) is 1. The number of nitrogen functional groups attached to an aromatic ring is 1. The Balaban J connectivity index is 2.76. The summed E-state index contributed by atoms with van der Waals surface area (Å²) in [7, 11) is 1.52. The summed E-state index contributed by atoms with van der Waals surface area (Å²) in [6.45, 7) is 2.02. The van der Waals surface area contributed by atoms with Crippen LogP contribution >= 0.6 is 0 Å². The van der Waals surface area contributed by atoms with E-state index >= 15 is 0 Å². The Hall–Kier alpha value is -1.75. The second kappa shape index (κ2) is 5.37. The monoisotopic (exact) mass is 225 g/mol. The Bertz CT molecular complexity index is 378. The van der Waals surface area contributed by atoms with Crippen molar-refractivity contribution in [2.75, 3.05) is 19.5 Å². The summed E-state index contributed by atoms with van der Waals surface area (Å²) in [6, 6.07) is 4.13. The van der Waals surface area contributed by atoms with Crippen LogP contribution in [0.15, 0.2) is 18.2 Å². The van der Waals surface area contributed by atoms with Gasteiger partial charge >= 0.3 is 5.97 Å². The van der Waals surface area contributed by atoms with Crippen LogP contribution in [0.5, 0.6) is 5.75 Å². The van der Waals surface area contributed by atoms with Gasteiger partial charge in [-0.3, -0.25) is 0 Å². The number of phenols is 1. The number of anilines is 1. The largest absolute Gasteiger partial charge is 0.508 e. The normalized spacial score (nSPS) is 12.1. The average molecular weight is 225 g/mol. The van der Waals surface area contributed by atoms with E-state index in [0.29, 0.717) is 6.61 Å². The van der Waals surface area contributed by atoms with Gasteiger partial charge in [0.1, 0.15) is 11.9 Å². The van der Waals surface area contributed by atoms with Gasteiger partial charge in [0.05, 0.1) is 12.2 Å². The number of carbonyl (C=O) groups excluding carboxylic acids is 1. The van der Waals surface area contributed by atoms with E-state index in [2.05, 4.69) is 0 Å². The highest BCUT2D eigenvalue weighted by atomic mass is 16.6. The molecule has 1 aromatic carbocycles. The zero-order valence-electron chi connectivity index (χ0n) is 9.27. The molecule has 0 saturated carbocycles. The number of benzene rings is 1. The first kappa shape index (κ1) is 12.3. The topological polar surface area (TPSA) is 81.8 Å². The van der Waals surface area contributed by atoms with E-state index < -0.39 is 5.97 Å². The molecule has 1 aromatic rings. The Morgan fingerprint density at radius 1 is 1.56 bits per heavy atom. The Morgan fingerprint density at radius 2 is 2.25 bits per heavy atom. The number of aromatic hydroxyl groups is 1. The van der Waals surface area contributed by atoms with Crippen LogP contribution in [-0.2, 0) is 9.47 Å². The summed E-state index contributed by atoms with van der Waals surface area (Å²) in [5, 5.41) is 9.24. The molecule has 1 atom stereocenters. The molecule has 0 radical (unpaired) electrons. The fourth-order valence-electron chi connectivity index (χ4n) is 1.24. The summed E-state index contributed by atoms with van der Waals surface area (Å²) in [5.41, 5.74) is 6.02. The van der Waals surface area contributed by atoms with Crippen LogP contribution < -0.4 is 5.73 Å². The predicted octanol–water partition coefficient (Wildman–Crippen LogP) is 1.17. The molecule has 5 nitrogen and oxygen atoms in total. The Labute approximate surface area is 93.8 Å². The number of esters is 1. The predicted molar refractivity (Wildman–Crippen MR) is 59.3 cm³/mol. The quantitative estimate of drug-likeness (QED) is 0.456. The summed E-state index contributed by atoms with van der Waals surface area (Å²) < 4.78 is 9.89. The van der Waals surface area contributed by atoms with Crippen molar-refractivity contribution in [3.63, 3.8) is 0 Å². The third-order valence-electron chi connectivity index (χ3n) is 1.97. The molecule has 1 unspecified atom stereocenters. The molecule has 0 aliphatic rings. The molecule has 0 aliphatic carbocycles. The van der Waals surface area contributed by atoms with Crippen molar-refractivity contribution < 1.29 is 19.4 Å². The lowest BCUT2D eigenvalue weighted by molar-refractivity contribution is 0.0121. The van der Waals surface area contributed by atoms with Gasteiger partial charge in [0, 0.05) is 12.8 Å². The number of methoxy groups -OCH3 is 1. The molecule has 3 N–H and O–H groups in total. The zero-order chi connectivity index (χ0) is 12.1. The zero-order valence-corrected chi connectivity index (χ0v) is 9.27. The molecule has 0 saturated heterocycles. The van der Waals surface area contributed by atoms with Crippen LogP contribution in [-0.4, -0.2) is 30.9 Å². The van der Waals surface area contributed by atoms with E-state index in [0.717, 1.165) is 0 Å². The highest BCUT2D eigenvalue weighted by Crippen LogP contribution is 2.19. The lowest BCUT2D eigenvalue weighted by atomic mass is 10.2. The van der Waals surface area contributed by atoms with Crippen LogP contribution in [0.3, 0.4) is 0 Å². The molecule has 0 heterocycles. The molecule has 0 aromatic heterocycles. The molecule has 0 aliphatic heterocycles. The van der Waals surface area contributed by atoms with Crippen LogP contribution in [0.1, 0.15) is 17.3 Å². The minimum absolute atomic E-state index is 0.0273. The summed E-state index contributed by atoms with van der Waals surface area (Å²) in [6.07, 6.45) is -0.362. The molecule has 88 valence electrons. The number of ether oxygens (including phenoxy) is 2. The lowest BCUT2D eigenvalue weighted by Gasteiger charge is -2.13. The smallest absolute Gasteiger partial charge is 0.340 e. The number of rotatable bonds is 4. The van der Waals surface area contributed by atoms with Gasteiger partial charge in [-0.2, -0.15) is 0 Å². The Kier molecular flexibility index (Phi) is 4.13. The molecule has 16 heavy (non-hydrogen) atoms. The van der Waals surface area contributed by atoms with E-state index in [-0.39, 0.29) is 23.1 Å². The van der Waals surface area contributed by atoms with Crippen molar-refractivity contribution in [1.82, 2.24) is 0 Å². The number of hydrogen-bond donors (Lipinski definition) is 2. The average Bonchev–Trinajstić information content (AvgIpc) is 2.21.